The number of nitrogens with zero attached hydrogens (tertiary/aromatic N) is 4. The number of aromatic nitrogens is 4. The zero-order chi connectivity index (χ0) is 23.6. The molecule has 7 heteroatoms. The molecule has 2 aliphatic rings. The summed E-state index contributed by atoms with van der Waals surface area (Å²) in [5.74, 6) is 2.54. The van der Waals surface area contributed by atoms with E-state index >= 15 is 0 Å². The fraction of sp³-hybridized carbons (Fsp3) is 0.393. The summed E-state index contributed by atoms with van der Waals surface area (Å²) in [6.07, 6.45) is 11.7. The minimum absolute atomic E-state index is 0.456. The van der Waals surface area contributed by atoms with Gasteiger partial charge in [-0.05, 0) is 68.1 Å². The molecular weight excluding hydrogens is 436 g/mol. The Morgan fingerprint density at radius 2 is 1.57 bits per heavy atom. The fourth-order valence-electron chi connectivity index (χ4n) is 5.48. The normalized spacial score (nSPS) is 16.7. The van der Waals surface area contributed by atoms with Crippen molar-refractivity contribution in [3.05, 3.63) is 54.7 Å². The third-order valence-corrected chi connectivity index (χ3v) is 7.33. The Morgan fingerprint density at radius 3 is 2.29 bits per heavy atom. The van der Waals surface area contributed by atoms with Crippen molar-refractivity contribution in [1.82, 2.24) is 19.6 Å². The molecule has 180 valence electrons. The molecule has 0 aliphatic heterocycles. The third-order valence-electron chi connectivity index (χ3n) is 7.33. The van der Waals surface area contributed by atoms with Crippen LogP contribution in [0.25, 0.3) is 28.0 Å². The van der Waals surface area contributed by atoms with Crippen LogP contribution in [0.15, 0.2) is 54.7 Å². The second-order valence-electron chi connectivity index (χ2n) is 9.68. The quantitative estimate of drug-likeness (QED) is 0.337. The highest BCUT2D eigenvalue weighted by atomic mass is 16.5. The molecule has 2 fully saturated rings. The Balaban J connectivity index is 1.47. The summed E-state index contributed by atoms with van der Waals surface area (Å²) in [5, 5.41) is 12.4. The Morgan fingerprint density at radius 1 is 0.857 bits per heavy atom. The lowest BCUT2D eigenvalue weighted by Crippen LogP contribution is -2.17. The summed E-state index contributed by atoms with van der Waals surface area (Å²) in [7, 11) is 1.69. The average Bonchev–Trinajstić information content (AvgIpc) is 3.66. The summed E-state index contributed by atoms with van der Waals surface area (Å²) in [5.41, 5.74) is 4.85. The Kier molecular flexibility index (Phi) is 5.98. The number of nitrogens with one attached hydrogen (secondary N) is 2. The van der Waals surface area contributed by atoms with Crippen LogP contribution in [0.5, 0.6) is 5.75 Å². The molecule has 0 saturated heterocycles. The summed E-state index contributed by atoms with van der Waals surface area (Å²) in [6.45, 7) is 0. The van der Waals surface area contributed by atoms with Crippen LogP contribution in [0, 0.1) is 0 Å². The van der Waals surface area contributed by atoms with Gasteiger partial charge in [0.05, 0.1) is 23.9 Å². The zero-order valence-corrected chi connectivity index (χ0v) is 20.2. The van der Waals surface area contributed by atoms with E-state index in [1.807, 2.05) is 28.9 Å². The van der Waals surface area contributed by atoms with E-state index in [2.05, 4.69) is 45.9 Å². The largest absolute Gasteiger partial charge is 0.497 e. The van der Waals surface area contributed by atoms with Crippen molar-refractivity contribution in [1.29, 1.82) is 0 Å². The van der Waals surface area contributed by atoms with Crippen LogP contribution in [-0.4, -0.2) is 38.8 Å². The maximum Gasteiger partial charge on any atom is 0.223 e. The number of rotatable bonds is 7. The van der Waals surface area contributed by atoms with Crippen molar-refractivity contribution in [3.8, 4) is 28.3 Å². The number of fused-ring (bicyclic) bond motifs is 1. The maximum atomic E-state index is 5.39. The fourth-order valence-corrected chi connectivity index (χ4v) is 5.48. The maximum absolute atomic E-state index is 5.39. The van der Waals surface area contributed by atoms with Crippen LogP contribution in [0.4, 0.5) is 11.8 Å². The topological polar surface area (TPSA) is 76.4 Å². The molecule has 0 bridgehead atoms. The van der Waals surface area contributed by atoms with Gasteiger partial charge in [-0.25, -0.2) is 14.5 Å². The summed E-state index contributed by atoms with van der Waals surface area (Å²) in [4.78, 5) is 9.49. The molecule has 0 amide bonds. The molecular formula is C28H32N6O. The first kappa shape index (κ1) is 21.9. The number of hydrogen-bond donors (Lipinski definition) is 2. The molecule has 0 radical (unpaired) electrons. The lowest BCUT2D eigenvalue weighted by atomic mass is 10.0. The first-order valence-corrected chi connectivity index (χ1v) is 12.8. The van der Waals surface area contributed by atoms with E-state index in [0.717, 1.165) is 39.6 Å². The molecule has 0 atom stereocenters. The number of benzene rings is 1. The molecule has 35 heavy (non-hydrogen) atoms. The lowest BCUT2D eigenvalue weighted by molar-refractivity contribution is 0.415. The van der Waals surface area contributed by atoms with E-state index in [9.17, 15) is 0 Å². The first-order valence-electron chi connectivity index (χ1n) is 12.8. The van der Waals surface area contributed by atoms with E-state index in [1.54, 1.807) is 7.11 Å². The van der Waals surface area contributed by atoms with E-state index in [4.69, 9.17) is 14.8 Å². The van der Waals surface area contributed by atoms with Gasteiger partial charge in [-0.2, -0.15) is 5.10 Å². The first-order chi connectivity index (χ1) is 17.3. The average molecular weight is 469 g/mol. The molecule has 2 saturated carbocycles. The van der Waals surface area contributed by atoms with Crippen LogP contribution in [0.2, 0.25) is 0 Å². The molecule has 1 aromatic carbocycles. The highest BCUT2D eigenvalue weighted by Crippen LogP contribution is 2.37. The van der Waals surface area contributed by atoms with Crippen LogP contribution in [0.3, 0.4) is 0 Å². The number of hydrogen-bond acceptors (Lipinski definition) is 6. The Bertz CT molecular complexity index is 1300. The third kappa shape index (κ3) is 4.43. The van der Waals surface area contributed by atoms with Crippen LogP contribution in [0.1, 0.15) is 51.4 Å². The van der Waals surface area contributed by atoms with Crippen molar-refractivity contribution in [2.75, 3.05) is 17.7 Å². The van der Waals surface area contributed by atoms with Gasteiger partial charge in [0.2, 0.25) is 5.95 Å². The molecule has 7 nitrogen and oxygen atoms in total. The molecule has 2 aliphatic carbocycles. The molecule has 3 aromatic heterocycles. The molecule has 2 N–H and O–H groups in total. The van der Waals surface area contributed by atoms with Gasteiger partial charge in [-0.15, -0.1) is 0 Å². The summed E-state index contributed by atoms with van der Waals surface area (Å²) >= 11 is 0. The van der Waals surface area contributed by atoms with Gasteiger partial charge >= 0.3 is 0 Å². The number of methoxy groups -OCH3 is 1. The van der Waals surface area contributed by atoms with E-state index in [0.29, 0.717) is 18.0 Å². The van der Waals surface area contributed by atoms with Crippen LogP contribution >= 0.6 is 0 Å². The predicted molar refractivity (Wildman–Crippen MR) is 140 cm³/mol. The molecule has 3 heterocycles. The Labute approximate surface area is 206 Å². The van der Waals surface area contributed by atoms with Crippen molar-refractivity contribution in [2.45, 2.75) is 63.5 Å². The van der Waals surface area contributed by atoms with Gasteiger partial charge < -0.3 is 15.4 Å². The molecule has 4 aromatic rings. The van der Waals surface area contributed by atoms with Crippen molar-refractivity contribution in [3.63, 3.8) is 0 Å². The highest BCUT2D eigenvalue weighted by Gasteiger charge is 2.22. The molecule has 6 rings (SSSR count). The number of pyridine rings is 1. The van der Waals surface area contributed by atoms with E-state index < -0.39 is 0 Å². The summed E-state index contributed by atoms with van der Waals surface area (Å²) in [6, 6.07) is 17.4. The van der Waals surface area contributed by atoms with Gasteiger partial charge in [0.15, 0.2) is 0 Å². The number of ether oxygens (including phenoxy) is 1. The lowest BCUT2D eigenvalue weighted by Gasteiger charge is -2.14. The van der Waals surface area contributed by atoms with Gasteiger partial charge in [-0.1, -0.05) is 31.7 Å². The molecule has 0 unspecified atom stereocenters. The van der Waals surface area contributed by atoms with Gasteiger partial charge in [0.25, 0.3) is 0 Å². The van der Waals surface area contributed by atoms with Crippen molar-refractivity contribution in [2.24, 2.45) is 0 Å². The monoisotopic (exact) mass is 468 g/mol. The van der Waals surface area contributed by atoms with Crippen LogP contribution < -0.4 is 15.4 Å². The minimum Gasteiger partial charge on any atom is -0.497 e. The number of anilines is 2. The van der Waals surface area contributed by atoms with E-state index in [1.165, 1.54) is 51.4 Å². The van der Waals surface area contributed by atoms with E-state index in [-0.39, 0.29) is 0 Å². The second kappa shape index (κ2) is 9.56. The Hall–Kier alpha value is -3.61. The minimum atomic E-state index is 0.456. The van der Waals surface area contributed by atoms with Crippen LogP contribution in [-0.2, 0) is 0 Å². The standard InChI is InChI=1S/C28H32N6O/c1-35-22-15-13-19(14-16-22)27-26(23-17-18-29-28(32-23)31-21-9-4-5-10-21)24-11-6-12-25(34(24)33-27)30-20-7-2-3-8-20/h6,11-18,20-21,30H,2-5,7-10H2,1H3,(H,29,31,32). The smallest absolute Gasteiger partial charge is 0.223 e. The zero-order valence-electron chi connectivity index (χ0n) is 20.2. The SMILES string of the molecule is COc1ccc(-c2nn3c(NC4CCCC4)cccc3c2-c2ccnc(NC3CCCC3)n2)cc1. The summed E-state index contributed by atoms with van der Waals surface area (Å²) < 4.78 is 7.43. The molecule has 0 spiro atoms. The van der Waals surface area contributed by atoms with Crippen molar-refractivity contribution < 1.29 is 4.74 Å². The van der Waals surface area contributed by atoms with Gasteiger partial charge in [-0.3, -0.25) is 0 Å². The van der Waals surface area contributed by atoms with Crippen molar-refractivity contribution >= 4 is 17.3 Å². The van der Waals surface area contributed by atoms with Gasteiger partial charge in [0, 0.05) is 23.8 Å². The second-order valence-corrected chi connectivity index (χ2v) is 9.68. The highest BCUT2D eigenvalue weighted by molar-refractivity contribution is 5.91. The predicted octanol–water partition coefficient (Wildman–Crippen LogP) is 6.18. The van der Waals surface area contributed by atoms with Gasteiger partial charge in [0.1, 0.15) is 17.3 Å².